The Bertz CT molecular complexity index is 1090. The van der Waals surface area contributed by atoms with E-state index in [9.17, 15) is 17.6 Å². The number of sulfonamides is 1. The number of hydrogen-bond acceptors (Lipinski definition) is 3. The molecule has 0 aliphatic rings. The predicted octanol–water partition coefficient (Wildman–Crippen LogP) is 4.31. The molecular weight excluding hydrogens is 415 g/mol. The molecule has 0 aliphatic carbocycles. The topological polar surface area (TPSA) is 66.5 Å². The van der Waals surface area contributed by atoms with Gasteiger partial charge in [-0.3, -0.25) is 4.79 Å². The van der Waals surface area contributed by atoms with Gasteiger partial charge in [0.05, 0.1) is 22.2 Å². The minimum Gasteiger partial charge on any atom is -0.324 e. The van der Waals surface area contributed by atoms with Gasteiger partial charge in [0, 0.05) is 6.54 Å². The quantitative estimate of drug-likeness (QED) is 0.605. The average molecular weight is 433 g/mol. The first-order valence-electron chi connectivity index (χ1n) is 8.70. The van der Waals surface area contributed by atoms with E-state index >= 15 is 0 Å². The molecule has 0 unspecified atom stereocenters. The number of hydrogen-bond donors (Lipinski definition) is 1. The number of anilines is 1. The maximum atomic E-state index is 13.2. The summed E-state index contributed by atoms with van der Waals surface area (Å²) < 4.78 is 40.5. The van der Waals surface area contributed by atoms with Crippen LogP contribution in [0.3, 0.4) is 0 Å². The Morgan fingerprint density at radius 1 is 0.931 bits per heavy atom. The lowest BCUT2D eigenvalue weighted by molar-refractivity contribution is -0.116. The first-order chi connectivity index (χ1) is 13.9. The van der Waals surface area contributed by atoms with Crippen LogP contribution >= 0.6 is 11.6 Å². The molecule has 0 aromatic heterocycles. The zero-order chi connectivity index (χ0) is 20.9. The lowest BCUT2D eigenvalue weighted by Gasteiger charge is -2.22. The zero-order valence-corrected chi connectivity index (χ0v) is 16.8. The number of amides is 1. The molecule has 1 N–H and O–H groups in total. The summed E-state index contributed by atoms with van der Waals surface area (Å²) in [6.07, 6.45) is 0. The maximum Gasteiger partial charge on any atom is 0.243 e. The summed E-state index contributed by atoms with van der Waals surface area (Å²) in [5.74, 6) is -1.09. The SMILES string of the molecule is O=C(CN(Cc1ccccc1)S(=O)(=O)c1ccc(F)cc1)Nc1ccccc1Cl. The largest absolute Gasteiger partial charge is 0.324 e. The number of carbonyl (C=O) groups is 1. The molecule has 3 rings (SSSR count). The van der Waals surface area contributed by atoms with Crippen molar-refractivity contribution in [3.8, 4) is 0 Å². The van der Waals surface area contributed by atoms with Gasteiger partial charge in [-0.1, -0.05) is 54.1 Å². The van der Waals surface area contributed by atoms with Crippen LogP contribution < -0.4 is 5.32 Å². The van der Waals surface area contributed by atoms with Gasteiger partial charge >= 0.3 is 0 Å². The van der Waals surface area contributed by atoms with Gasteiger partial charge in [-0.05, 0) is 42.0 Å². The van der Waals surface area contributed by atoms with E-state index in [0.717, 1.165) is 16.4 Å². The molecule has 3 aromatic rings. The van der Waals surface area contributed by atoms with E-state index in [4.69, 9.17) is 11.6 Å². The molecule has 0 bridgehead atoms. The molecule has 0 heterocycles. The number of nitrogens with one attached hydrogen (secondary N) is 1. The van der Waals surface area contributed by atoms with Crippen molar-refractivity contribution in [2.75, 3.05) is 11.9 Å². The molecule has 5 nitrogen and oxygen atoms in total. The highest BCUT2D eigenvalue weighted by atomic mass is 35.5. The Balaban J connectivity index is 1.87. The highest BCUT2D eigenvalue weighted by Crippen LogP contribution is 2.22. The molecule has 3 aromatic carbocycles. The second-order valence-electron chi connectivity index (χ2n) is 6.24. The molecule has 0 atom stereocenters. The van der Waals surface area contributed by atoms with Gasteiger partial charge in [0.25, 0.3) is 0 Å². The highest BCUT2D eigenvalue weighted by Gasteiger charge is 2.27. The number of rotatable bonds is 7. The summed E-state index contributed by atoms with van der Waals surface area (Å²) in [5.41, 5.74) is 1.10. The molecule has 29 heavy (non-hydrogen) atoms. The van der Waals surface area contributed by atoms with Crippen molar-refractivity contribution in [2.24, 2.45) is 0 Å². The lowest BCUT2D eigenvalue weighted by Crippen LogP contribution is -2.37. The van der Waals surface area contributed by atoms with Crippen LogP contribution in [0.4, 0.5) is 10.1 Å². The van der Waals surface area contributed by atoms with Crippen molar-refractivity contribution in [1.29, 1.82) is 0 Å². The Kier molecular flexibility index (Phi) is 6.64. The third-order valence-corrected chi connectivity index (χ3v) is 6.26. The molecule has 8 heteroatoms. The fraction of sp³-hybridized carbons (Fsp3) is 0.0952. The van der Waals surface area contributed by atoms with Crippen molar-refractivity contribution >= 4 is 33.2 Å². The minimum atomic E-state index is -4.04. The standard InChI is InChI=1S/C21H18ClFN2O3S/c22-19-8-4-5-9-20(19)24-21(26)15-25(14-16-6-2-1-3-7-16)29(27,28)18-12-10-17(23)11-13-18/h1-13H,14-15H2,(H,24,26). The van der Waals surface area contributed by atoms with Crippen LogP contribution in [0, 0.1) is 5.82 Å². The first-order valence-corrected chi connectivity index (χ1v) is 10.5. The van der Waals surface area contributed by atoms with Crippen LogP contribution in [0.5, 0.6) is 0 Å². The maximum absolute atomic E-state index is 13.2. The van der Waals surface area contributed by atoms with E-state index in [-0.39, 0.29) is 11.4 Å². The molecule has 0 saturated heterocycles. The van der Waals surface area contributed by atoms with Gasteiger partial charge in [0.2, 0.25) is 15.9 Å². The van der Waals surface area contributed by atoms with Crippen molar-refractivity contribution in [3.63, 3.8) is 0 Å². The summed E-state index contributed by atoms with van der Waals surface area (Å²) in [6, 6.07) is 20.0. The third kappa shape index (κ3) is 5.41. The van der Waals surface area contributed by atoms with Gasteiger partial charge in [0.15, 0.2) is 0 Å². The van der Waals surface area contributed by atoms with Gasteiger partial charge in [-0.25, -0.2) is 12.8 Å². The van der Waals surface area contributed by atoms with Crippen LogP contribution in [-0.2, 0) is 21.4 Å². The smallest absolute Gasteiger partial charge is 0.243 e. The van der Waals surface area contributed by atoms with Crippen molar-refractivity contribution in [1.82, 2.24) is 4.31 Å². The number of carbonyl (C=O) groups excluding carboxylic acids is 1. The monoisotopic (exact) mass is 432 g/mol. The second kappa shape index (κ2) is 9.17. The summed E-state index contributed by atoms with van der Waals surface area (Å²) in [5, 5.41) is 2.97. The molecule has 0 radical (unpaired) electrons. The summed E-state index contributed by atoms with van der Waals surface area (Å²) >= 11 is 6.05. The van der Waals surface area contributed by atoms with E-state index in [1.54, 1.807) is 48.5 Å². The molecular formula is C21H18ClFN2O3S. The van der Waals surface area contributed by atoms with Crippen LogP contribution in [0.2, 0.25) is 5.02 Å². The first kappa shape index (κ1) is 21.0. The second-order valence-corrected chi connectivity index (χ2v) is 8.59. The van der Waals surface area contributed by atoms with Gasteiger partial charge in [0.1, 0.15) is 5.82 Å². The Morgan fingerprint density at radius 3 is 2.21 bits per heavy atom. The van der Waals surface area contributed by atoms with E-state index in [1.165, 1.54) is 12.1 Å². The van der Waals surface area contributed by atoms with Crippen molar-refractivity contribution in [3.05, 3.63) is 95.3 Å². The summed E-state index contributed by atoms with van der Waals surface area (Å²) in [6.45, 7) is -0.448. The highest BCUT2D eigenvalue weighted by molar-refractivity contribution is 7.89. The van der Waals surface area contributed by atoms with E-state index in [2.05, 4.69) is 5.32 Å². The molecule has 0 fully saturated rings. The fourth-order valence-electron chi connectivity index (χ4n) is 2.68. The predicted molar refractivity (Wildman–Crippen MR) is 111 cm³/mol. The number of para-hydroxylation sites is 1. The van der Waals surface area contributed by atoms with Gasteiger partial charge < -0.3 is 5.32 Å². The molecule has 0 saturated carbocycles. The molecule has 0 aliphatic heterocycles. The van der Waals surface area contributed by atoms with E-state index < -0.39 is 28.3 Å². The number of benzene rings is 3. The van der Waals surface area contributed by atoms with Crippen molar-refractivity contribution in [2.45, 2.75) is 11.4 Å². The average Bonchev–Trinajstić information content (AvgIpc) is 2.70. The Hall–Kier alpha value is -2.74. The Labute approximate surface area is 173 Å². The third-order valence-electron chi connectivity index (χ3n) is 4.12. The Morgan fingerprint density at radius 2 is 1.55 bits per heavy atom. The van der Waals surface area contributed by atoms with E-state index in [1.807, 2.05) is 6.07 Å². The van der Waals surface area contributed by atoms with Crippen molar-refractivity contribution < 1.29 is 17.6 Å². The minimum absolute atomic E-state index is 0.0174. The van der Waals surface area contributed by atoms with Crippen LogP contribution in [0.1, 0.15) is 5.56 Å². The fourth-order valence-corrected chi connectivity index (χ4v) is 4.25. The summed E-state index contributed by atoms with van der Waals surface area (Å²) in [7, 11) is -4.04. The van der Waals surface area contributed by atoms with Crippen LogP contribution in [0.15, 0.2) is 83.8 Å². The lowest BCUT2D eigenvalue weighted by atomic mass is 10.2. The summed E-state index contributed by atoms with van der Waals surface area (Å²) in [4.78, 5) is 12.5. The molecule has 0 spiro atoms. The van der Waals surface area contributed by atoms with Gasteiger partial charge in [-0.2, -0.15) is 4.31 Å². The molecule has 1 amide bonds. The number of nitrogens with zero attached hydrogens (tertiary/aromatic N) is 1. The molecule has 150 valence electrons. The normalized spacial score (nSPS) is 11.4. The van der Waals surface area contributed by atoms with Crippen LogP contribution in [0.25, 0.3) is 0 Å². The number of halogens is 2. The zero-order valence-electron chi connectivity index (χ0n) is 15.3. The van der Waals surface area contributed by atoms with E-state index in [0.29, 0.717) is 16.3 Å². The van der Waals surface area contributed by atoms with Crippen LogP contribution in [-0.4, -0.2) is 25.2 Å². The van der Waals surface area contributed by atoms with Gasteiger partial charge in [-0.15, -0.1) is 0 Å².